The highest BCUT2D eigenvalue weighted by atomic mass is 35.5. The van der Waals surface area contributed by atoms with Gasteiger partial charge >= 0.3 is 0 Å². The summed E-state index contributed by atoms with van der Waals surface area (Å²) in [5.41, 5.74) is 1.19. The lowest BCUT2D eigenvalue weighted by molar-refractivity contribution is -0.131. The lowest BCUT2D eigenvalue weighted by Gasteiger charge is -2.19. The molecule has 0 aromatic carbocycles. The Balaban J connectivity index is 1.72. The van der Waals surface area contributed by atoms with Crippen molar-refractivity contribution in [3.8, 4) is 0 Å². The maximum Gasteiger partial charge on any atom is 0.282 e. The van der Waals surface area contributed by atoms with Crippen molar-refractivity contribution in [3.05, 3.63) is 34.4 Å². The van der Waals surface area contributed by atoms with Crippen molar-refractivity contribution >= 4 is 17.5 Å². The van der Waals surface area contributed by atoms with Gasteiger partial charge in [0, 0.05) is 25.2 Å². The van der Waals surface area contributed by atoms with Crippen LogP contribution in [0, 0.1) is 0 Å². The number of hydrogen-bond donors (Lipinski definition) is 0. The summed E-state index contributed by atoms with van der Waals surface area (Å²) in [6.45, 7) is 2.82. The van der Waals surface area contributed by atoms with Crippen molar-refractivity contribution in [2.45, 2.75) is 51.7 Å². The fourth-order valence-electron chi connectivity index (χ4n) is 2.77. The number of halogens is 3. The average molecular weight is 372 g/mol. The molecule has 1 aliphatic carbocycles. The molecule has 0 saturated heterocycles. The molecule has 0 bridgehead atoms. The number of nitrogens with zero attached hydrogens (tertiary/aromatic N) is 5. The van der Waals surface area contributed by atoms with E-state index >= 15 is 0 Å². The van der Waals surface area contributed by atoms with Gasteiger partial charge in [-0.15, -0.1) is 0 Å². The Kier molecular flexibility index (Phi) is 5.08. The standard InChI is InChI=1S/C16H20ClF2N5O/c1-3-23-14(11(17)7-20-23)8-22(2)15(25)9-24-13(10-4-5-10)6-12(21-24)16(18)19/h6-7,10,16H,3-5,8-9H2,1-2H3. The molecule has 0 unspecified atom stereocenters. The van der Waals surface area contributed by atoms with E-state index < -0.39 is 6.43 Å². The number of alkyl halides is 2. The normalized spacial score (nSPS) is 14.3. The van der Waals surface area contributed by atoms with Gasteiger partial charge in [-0.25, -0.2) is 8.78 Å². The summed E-state index contributed by atoms with van der Waals surface area (Å²) in [6.07, 6.45) is 0.809. The highest BCUT2D eigenvalue weighted by molar-refractivity contribution is 6.31. The minimum atomic E-state index is -2.63. The molecule has 2 aromatic heterocycles. The maximum atomic E-state index is 12.9. The summed E-state index contributed by atoms with van der Waals surface area (Å²) in [5, 5.41) is 8.56. The largest absolute Gasteiger partial charge is 0.338 e. The Hall–Kier alpha value is -1.96. The maximum absolute atomic E-state index is 12.9. The first-order valence-electron chi connectivity index (χ1n) is 8.20. The van der Waals surface area contributed by atoms with Gasteiger partial charge in [-0.2, -0.15) is 10.2 Å². The van der Waals surface area contributed by atoms with Gasteiger partial charge in [0.2, 0.25) is 5.91 Å². The molecule has 2 aromatic rings. The van der Waals surface area contributed by atoms with Crippen LogP contribution < -0.4 is 0 Å². The average Bonchev–Trinajstić information content (AvgIpc) is 3.24. The Bertz CT molecular complexity index is 769. The van der Waals surface area contributed by atoms with Crippen LogP contribution in [0.2, 0.25) is 5.02 Å². The van der Waals surface area contributed by atoms with Gasteiger partial charge in [-0.3, -0.25) is 14.2 Å². The van der Waals surface area contributed by atoms with E-state index in [2.05, 4.69) is 10.2 Å². The number of aromatic nitrogens is 4. The number of likely N-dealkylation sites (N-methyl/N-ethyl adjacent to an activating group) is 1. The number of amides is 1. The molecule has 136 valence electrons. The highest BCUT2D eigenvalue weighted by Crippen LogP contribution is 2.41. The van der Waals surface area contributed by atoms with Crippen molar-refractivity contribution in [3.63, 3.8) is 0 Å². The summed E-state index contributed by atoms with van der Waals surface area (Å²) in [6, 6.07) is 1.42. The van der Waals surface area contributed by atoms with E-state index in [4.69, 9.17) is 11.6 Å². The molecule has 9 heteroatoms. The van der Waals surface area contributed by atoms with Gasteiger partial charge < -0.3 is 4.90 Å². The van der Waals surface area contributed by atoms with E-state index in [-0.39, 0.29) is 24.1 Å². The minimum Gasteiger partial charge on any atom is -0.338 e. The summed E-state index contributed by atoms with van der Waals surface area (Å²) >= 11 is 6.12. The van der Waals surface area contributed by atoms with Crippen LogP contribution in [-0.4, -0.2) is 37.4 Å². The van der Waals surface area contributed by atoms with E-state index in [1.165, 1.54) is 15.6 Å². The van der Waals surface area contributed by atoms with Gasteiger partial charge in [-0.05, 0) is 25.8 Å². The summed E-state index contributed by atoms with van der Waals surface area (Å²) < 4.78 is 29.0. The zero-order chi connectivity index (χ0) is 18.1. The molecule has 1 aliphatic rings. The number of hydrogen-bond acceptors (Lipinski definition) is 3. The smallest absolute Gasteiger partial charge is 0.282 e. The van der Waals surface area contributed by atoms with Gasteiger partial charge in [0.1, 0.15) is 12.2 Å². The molecule has 25 heavy (non-hydrogen) atoms. The van der Waals surface area contributed by atoms with Crippen LogP contribution in [-0.2, 0) is 24.4 Å². The van der Waals surface area contributed by atoms with Crippen LogP contribution in [0.3, 0.4) is 0 Å². The molecule has 0 spiro atoms. The van der Waals surface area contributed by atoms with Crippen molar-refractivity contribution in [2.24, 2.45) is 0 Å². The molecular formula is C16H20ClF2N5O. The van der Waals surface area contributed by atoms with Gasteiger partial charge in [0.15, 0.2) is 0 Å². The first kappa shape index (κ1) is 17.8. The molecule has 1 fully saturated rings. The van der Waals surface area contributed by atoms with E-state index in [0.717, 1.165) is 18.5 Å². The second kappa shape index (κ2) is 7.11. The lowest BCUT2D eigenvalue weighted by Crippen LogP contribution is -2.31. The van der Waals surface area contributed by atoms with Crippen molar-refractivity contribution in [1.82, 2.24) is 24.5 Å². The summed E-state index contributed by atoms with van der Waals surface area (Å²) in [4.78, 5) is 14.0. The number of carbonyl (C=O) groups excluding carboxylic acids is 1. The van der Waals surface area contributed by atoms with Crippen LogP contribution in [0.5, 0.6) is 0 Å². The molecular weight excluding hydrogens is 352 g/mol. The SMILES string of the molecule is CCn1ncc(Cl)c1CN(C)C(=O)Cn1nc(C(F)F)cc1C1CC1. The van der Waals surface area contributed by atoms with Crippen LogP contribution >= 0.6 is 11.6 Å². The molecule has 0 aliphatic heterocycles. The molecule has 0 N–H and O–H groups in total. The first-order valence-corrected chi connectivity index (χ1v) is 8.58. The van der Waals surface area contributed by atoms with E-state index in [0.29, 0.717) is 23.8 Å². The zero-order valence-electron chi connectivity index (χ0n) is 14.1. The Morgan fingerprint density at radius 1 is 1.44 bits per heavy atom. The molecule has 1 amide bonds. The first-order chi connectivity index (χ1) is 11.9. The molecule has 3 rings (SSSR count). The quantitative estimate of drug-likeness (QED) is 0.750. The number of rotatable bonds is 7. The van der Waals surface area contributed by atoms with Gasteiger partial charge in [0.05, 0.1) is 23.5 Å². The minimum absolute atomic E-state index is 0.0626. The third kappa shape index (κ3) is 3.84. The van der Waals surface area contributed by atoms with Crippen molar-refractivity contribution < 1.29 is 13.6 Å². The zero-order valence-corrected chi connectivity index (χ0v) is 14.9. The highest BCUT2D eigenvalue weighted by Gasteiger charge is 2.30. The Morgan fingerprint density at radius 3 is 2.76 bits per heavy atom. The van der Waals surface area contributed by atoms with Crippen LogP contribution in [0.15, 0.2) is 12.3 Å². The predicted octanol–water partition coefficient (Wildman–Crippen LogP) is 3.23. The predicted molar refractivity (Wildman–Crippen MR) is 88.5 cm³/mol. The Labute approximate surface area is 149 Å². The Morgan fingerprint density at radius 2 is 2.16 bits per heavy atom. The van der Waals surface area contributed by atoms with Crippen LogP contribution in [0.1, 0.15) is 49.2 Å². The van der Waals surface area contributed by atoms with Crippen molar-refractivity contribution in [1.29, 1.82) is 0 Å². The topological polar surface area (TPSA) is 56.0 Å². The van der Waals surface area contributed by atoms with E-state index in [9.17, 15) is 13.6 Å². The van der Waals surface area contributed by atoms with Crippen LogP contribution in [0.4, 0.5) is 8.78 Å². The fourth-order valence-corrected chi connectivity index (χ4v) is 2.97. The van der Waals surface area contributed by atoms with Gasteiger partial charge in [-0.1, -0.05) is 11.6 Å². The fraction of sp³-hybridized carbons (Fsp3) is 0.562. The molecule has 0 radical (unpaired) electrons. The van der Waals surface area contributed by atoms with Crippen LogP contribution in [0.25, 0.3) is 0 Å². The summed E-state index contributed by atoms with van der Waals surface area (Å²) in [7, 11) is 1.65. The van der Waals surface area contributed by atoms with E-state index in [1.807, 2.05) is 6.92 Å². The summed E-state index contributed by atoms with van der Waals surface area (Å²) in [5.74, 6) is 0.0137. The molecule has 6 nitrogen and oxygen atoms in total. The number of aryl methyl sites for hydroxylation is 1. The molecule has 2 heterocycles. The third-order valence-corrected chi connectivity index (χ3v) is 4.66. The van der Waals surface area contributed by atoms with Gasteiger partial charge in [0.25, 0.3) is 6.43 Å². The monoisotopic (exact) mass is 371 g/mol. The second-order valence-corrected chi connectivity index (χ2v) is 6.64. The van der Waals surface area contributed by atoms with E-state index in [1.54, 1.807) is 17.9 Å². The number of carbonyl (C=O) groups is 1. The molecule has 1 saturated carbocycles. The lowest BCUT2D eigenvalue weighted by atomic mass is 10.2. The molecule has 0 atom stereocenters. The second-order valence-electron chi connectivity index (χ2n) is 6.23. The van der Waals surface area contributed by atoms with Crippen molar-refractivity contribution in [2.75, 3.05) is 7.05 Å². The third-order valence-electron chi connectivity index (χ3n) is 4.34.